The van der Waals surface area contributed by atoms with E-state index in [2.05, 4.69) is 25.5 Å². The highest BCUT2D eigenvalue weighted by molar-refractivity contribution is 6.31. The van der Waals surface area contributed by atoms with Crippen LogP contribution in [0.4, 0.5) is 4.39 Å². The van der Waals surface area contributed by atoms with Gasteiger partial charge in [0, 0.05) is 46.0 Å². The van der Waals surface area contributed by atoms with E-state index in [1.807, 2.05) is 6.07 Å². The summed E-state index contributed by atoms with van der Waals surface area (Å²) in [6.07, 6.45) is 5.09. The Kier molecular flexibility index (Phi) is 5.06. The standard InChI is InChI=1S/C24H17ClFN7O3/c25-16-1-3-19(32-12-28-30-31-32)18(9-16)15-7-13-5-6-24(35,22(13)33(36)11-15)20-8-14(10-27-20)17-2-4-21(34)29-23(17)26/h1-4,7,9-12,35H,5-6,8H2,(H,29,34). The van der Waals surface area contributed by atoms with Gasteiger partial charge in [0.2, 0.25) is 17.2 Å². The molecule has 3 aromatic heterocycles. The highest BCUT2D eigenvalue weighted by Gasteiger charge is 2.49. The SMILES string of the molecule is O=c1ccc(C2=CN=C(C3(O)CCc4cc(-c5cc(Cl)ccc5-n5cnnn5)c[n+]([O-])c43)C2)c(F)[nH]1. The Morgan fingerprint density at radius 1 is 1.22 bits per heavy atom. The summed E-state index contributed by atoms with van der Waals surface area (Å²) in [4.78, 5) is 17.8. The predicted molar refractivity (Wildman–Crippen MR) is 128 cm³/mol. The van der Waals surface area contributed by atoms with Crippen molar-refractivity contribution in [2.24, 2.45) is 4.99 Å². The van der Waals surface area contributed by atoms with Crippen LogP contribution in [0.15, 0.2) is 64.9 Å². The van der Waals surface area contributed by atoms with Crippen LogP contribution >= 0.6 is 11.6 Å². The molecule has 1 aliphatic carbocycles. The highest BCUT2D eigenvalue weighted by atomic mass is 35.5. The minimum absolute atomic E-state index is 0.137. The van der Waals surface area contributed by atoms with Gasteiger partial charge in [0.05, 0.1) is 11.4 Å². The lowest BCUT2D eigenvalue weighted by molar-refractivity contribution is -0.619. The Morgan fingerprint density at radius 3 is 2.86 bits per heavy atom. The van der Waals surface area contributed by atoms with Crippen molar-refractivity contribution >= 4 is 22.9 Å². The van der Waals surface area contributed by atoms with Crippen LogP contribution < -0.4 is 10.3 Å². The second-order valence-corrected chi connectivity index (χ2v) is 9.10. The van der Waals surface area contributed by atoms with Gasteiger partial charge in [0.25, 0.3) is 0 Å². The van der Waals surface area contributed by atoms with Gasteiger partial charge in [-0.15, -0.1) is 5.10 Å². The van der Waals surface area contributed by atoms with Crippen LogP contribution in [-0.4, -0.2) is 36.0 Å². The van der Waals surface area contributed by atoms with Gasteiger partial charge < -0.3 is 10.3 Å². The van der Waals surface area contributed by atoms with Crippen LogP contribution in [0.25, 0.3) is 22.4 Å². The zero-order chi connectivity index (χ0) is 25.0. The number of nitrogens with zero attached hydrogens (tertiary/aromatic N) is 6. The number of aryl methyl sites for hydroxylation is 1. The molecule has 2 N–H and O–H groups in total. The number of hydrogen-bond donors (Lipinski definition) is 2. The number of tetrazole rings is 1. The van der Waals surface area contributed by atoms with Crippen molar-refractivity contribution in [2.75, 3.05) is 0 Å². The van der Waals surface area contributed by atoms with Crippen LogP contribution in [0.2, 0.25) is 5.02 Å². The van der Waals surface area contributed by atoms with Crippen molar-refractivity contribution in [3.63, 3.8) is 0 Å². The lowest BCUT2D eigenvalue weighted by atomic mass is 9.89. The smallest absolute Gasteiger partial charge is 0.250 e. The number of allylic oxidation sites excluding steroid dienone is 1. The molecule has 0 amide bonds. The third-order valence-corrected chi connectivity index (χ3v) is 6.79. The zero-order valence-corrected chi connectivity index (χ0v) is 19.3. The number of rotatable bonds is 4. The maximum Gasteiger partial charge on any atom is 0.250 e. The average Bonchev–Trinajstić information content (AvgIpc) is 3.60. The number of halogens is 2. The normalized spacial score (nSPS) is 18.8. The van der Waals surface area contributed by atoms with Crippen molar-refractivity contribution in [2.45, 2.75) is 24.9 Å². The van der Waals surface area contributed by atoms with E-state index in [1.54, 1.807) is 18.2 Å². The molecule has 4 aromatic rings. The lowest BCUT2D eigenvalue weighted by Crippen LogP contribution is -2.45. The fourth-order valence-corrected chi connectivity index (χ4v) is 5.05. The molecule has 6 rings (SSSR count). The first-order chi connectivity index (χ1) is 17.3. The van der Waals surface area contributed by atoms with E-state index in [0.29, 0.717) is 49.8 Å². The number of fused-ring (bicyclic) bond motifs is 1. The maximum absolute atomic E-state index is 14.3. The van der Waals surface area contributed by atoms with Gasteiger partial charge in [-0.2, -0.15) is 13.8 Å². The Balaban J connectivity index is 1.36. The Labute approximate surface area is 207 Å². The molecular formula is C24H17ClFN7O3. The first-order valence-corrected chi connectivity index (χ1v) is 11.4. The minimum Gasteiger partial charge on any atom is -0.618 e. The van der Waals surface area contributed by atoms with Crippen molar-refractivity contribution in [3.8, 4) is 16.8 Å². The molecule has 1 atom stereocenters. The number of hydrogen-bond acceptors (Lipinski definition) is 7. The van der Waals surface area contributed by atoms with Crippen LogP contribution in [0.5, 0.6) is 0 Å². The van der Waals surface area contributed by atoms with Crippen molar-refractivity contribution in [1.82, 2.24) is 25.2 Å². The lowest BCUT2D eigenvalue weighted by Gasteiger charge is -2.23. The number of benzene rings is 1. The number of H-pyrrole nitrogens is 1. The van der Waals surface area contributed by atoms with E-state index < -0.39 is 17.1 Å². The minimum atomic E-state index is -1.61. The average molecular weight is 506 g/mol. The van der Waals surface area contributed by atoms with E-state index in [4.69, 9.17) is 11.6 Å². The topological polar surface area (TPSA) is 136 Å². The Morgan fingerprint density at radius 2 is 2.08 bits per heavy atom. The Bertz CT molecular complexity index is 1650. The first kappa shape index (κ1) is 22.3. The number of aliphatic hydroxyl groups is 1. The predicted octanol–water partition coefficient (Wildman–Crippen LogP) is 2.46. The number of aromatic nitrogens is 6. The number of pyridine rings is 2. The van der Waals surface area contributed by atoms with E-state index in [0.717, 1.165) is 0 Å². The molecule has 2 aliphatic rings. The van der Waals surface area contributed by atoms with Gasteiger partial charge in [-0.25, -0.2) is 0 Å². The van der Waals surface area contributed by atoms with Crippen LogP contribution in [0.3, 0.4) is 0 Å². The summed E-state index contributed by atoms with van der Waals surface area (Å²) in [7, 11) is 0. The molecule has 0 saturated heterocycles. The quantitative estimate of drug-likeness (QED) is 0.248. The van der Waals surface area contributed by atoms with Gasteiger partial charge >= 0.3 is 0 Å². The molecule has 36 heavy (non-hydrogen) atoms. The summed E-state index contributed by atoms with van der Waals surface area (Å²) in [5, 5.41) is 36.7. The molecule has 0 spiro atoms. The van der Waals surface area contributed by atoms with Gasteiger partial charge in [-0.05, 0) is 59.2 Å². The van der Waals surface area contributed by atoms with Crippen molar-refractivity contribution < 1.29 is 14.2 Å². The second-order valence-electron chi connectivity index (χ2n) is 8.66. The molecule has 0 bridgehead atoms. The molecule has 12 heteroatoms. The fraction of sp³-hybridized carbons (Fsp3) is 0.167. The van der Waals surface area contributed by atoms with Gasteiger partial charge in [0.15, 0.2) is 11.8 Å². The summed E-state index contributed by atoms with van der Waals surface area (Å²) in [6, 6.07) is 9.61. The largest absolute Gasteiger partial charge is 0.618 e. The molecule has 180 valence electrons. The number of nitrogens with one attached hydrogen (secondary N) is 1. The van der Waals surface area contributed by atoms with Gasteiger partial charge in [-0.1, -0.05) is 11.6 Å². The van der Waals surface area contributed by atoms with Crippen molar-refractivity contribution in [1.29, 1.82) is 0 Å². The third-order valence-electron chi connectivity index (χ3n) is 6.55. The highest BCUT2D eigenvalue weighted by Crippen LogP contribution is 2.42. The summed E-state index contributed by atoms with van der Waals surface area (Å²) in [5.41, 5.74) is 1.59. The van der Waals surface area contributed by atoms with E-state index in [-0.39, 0.29) is 24.1 Å². The summed E-state index contributed by atoms with van der Waals surface area (Å²) in [6.45, 7) is 0. The van der Waals surface area contributed by atoms with E-state index in [9.17, 15) is 19.5 Å². The third kappa shape index (κ3) is 3.51. The van der Waals surface area contributed by atoms with Gasteiger partial charge in [0.1, 0.15) is 6.33 Å². The molecule has 1 unspecified atom stereocenters. The maximum atomic E-state index is 14.3. The first-order valence-electron chi connectivity index (χ1n) is 11.0. The molecule has 0 fully saturated rings. The van der Waals surface area contributed by atoms with Crippen LogP contribution in [0.1, 0.15) is 29.7 Å². The number of aromatic amines is 1. The molecule has 0 radical (unpaired) electrons. The zero-order valence-electron chi connectivity index (χ0n) is 18.5. The number of aliphatic imine (C=N–C) groups is 1. The molecule has 10 nitrogen and oxygen atoms in total. The summed E-state index contributed by atoms with van der Waals surface area (Å²) >= 11 is 6.25. The monoisotopic (exact) mass is 505 g/mol. The molecule has 0 saturated carbocycles. The summed E-state index contributed by atoms with van der Waals surface area (Å²) < 4.78 is 16.4. The molecule has 1 aromatic carbocycles. The molecule has 4 heterocycles. The summed E-state index contributed by atoms with van der Waals surface area (Å²) in [5.74, 6) is -0.771. The van der Waals surface area contributed by atoms with Crippen LogP contribution in [0, 0.1) is 11.2 Å². The molecule has 1 aliphatic heterocycles. The van der Waals surface area contributed by atoms with Crippen LogP contribution in [-0.2, 0) is 12.0 Å². The van der Waals surface area contributed by atoms with Gasteiger partial charge in [-0.3, -0.25) is 14.8 Å². The van der Waals surface area contributed by atoms with Crippen molar-refractivity contribution in [3.05, 3.63) is 98.5 Å². The molecular weight excluding hydrogens is 489 g/mol. The Hall–Kier alpha value is -4.22. The van der Waals surface area contributed by atoms with E-state index >= 15 is 0 Å². The second kappa shape index (κ2) is 8.18. The van der Waals surface area contributed by atoms with E-state index in [1.165, 1.54) is 35.5 Å². The fourth-order valence-electron chi connectivity index (χ4n) is 4.88.